The Labute approximate surface area is 116 Å². The monoisotopic (exact) mass is 279 g/mol. The number of hydrogen-bond acceptors (Lipinski definition) is 5. The van der Waals surface area contributed by atoms with Gasteiger partial charge in [0.25, 0.3) is 0 Å². The number of phenols is 1. The molecule has 1 fully saturated rings. The van der Waals surface area contributed by atoms with Gasteiger partial charge in [-0.3, -0.25) is 4.99 Å². The number of halogens is 1. The summed E-state index contributed by atoms with van der Waals surface area (Å²) in [6.45, 7) is 1.96. The highest BCUT2D eigenvalue weighted by atomic mass is 19.1. The molecule has 5 nitrogen and oxygen atoms in total. The summed E-state index contributed by atoms with van der Waals surface area (Å²) < 4.78 is 19.1. The molecule has 3 N–H and O–H groups in total. The average molecular weight is 279 g/mol. The second kappa shape index (κ2) is 5.28. The van der Waals surface area contributed by atoms with Gasteiger partial charge < -0.3 is 20.5 Å². The Bertz CT molecular complexity index is 529. The van der Waals surface area contributed by atoms with E-state index in [4.69, 9.17) is 10.5 Å². The third-order valence-corrected chi connectivity index (χ3v) is 3.88. The van der Waals surface area contributed by atoms with E-state index in [0.717, 1.165) is 25.0 Å². The molecule has 0 aromatic heterocycles. The number of guanidine groups is 1. The summed E-state index contributed by atoms with van der Waals surface area (Å²) in [5.41, 5.74) is 6.70. The highest BCUT2D eigenvalue weighted by Gasteiger charge is 2.31. The molecule has 0 saturated carbocycles. The van der Waals surface area contributed by atoms with E-state index in [0.29, 0.717) is 19.0 Å². The topological polar surface area (TPSA) is 71.1 Å². The van der Waals surface area contributed by atoms with Gasteiger partial charge in [0.2, 0.25) is 0 Å². The van der Waals surface area contributed by atoms with Crippen molar-refractivity contribution in [2.75, 3.05) is 19.7 Å². The number of rotatable bonds is 3. The molecule has 2 heterocycles. The molecule has 108 valence electrons. The van der Waals surface area contributed by atoms with E-state index in [1.807, 2.05) is 4.90 Å². The number of aliphatic imine (C=N–C) groups is 1. The Morgan fingerprint density at radius 2 is 2.35 bits per heavy atom. The van der Waals surface area contributed by atoms with Crippen LogP contribution in [-0.4, -0.2) is 41.8 Å². The molecule has 0 aliphatic carbocycles. The van der Waals surface area contributed by atoms with E-state index >= 15 is 0 Å². The molecule has 1 aromatic carbocycles. The number of nitrogens with two attached hydrogens (primary N) is 1. The number of nitrogens with zero attached hydrogens (tertiary/aromatic N) is 2. The maximum absolute atomic E-state index is 13.5. The van der Waals surface area contributed by atoms with Gasteiger partial charge in [-0.05, 0) is 30.5 Å². The van der Waals surface area contributed by atoms with Gasteiger partial charge in [-0.2, -0.15) is 0 Å². The predicted octanol–water partition coefficient (Wildman–Crippen LogP) is 1.38. The highest BCUT2D eigenvalue weighted by molar-refractivity contribution is 5.80. The van der Waals surface area contributed by atoms with Gasteiger partial charge in [0.1, 0.15) is 0 Å². The van der Waals surface area contributed by atoms with Crippen molar-refractivity contribution < 1.29 is 14.2 Å². The van der Waals surface area contributed by atoms with Gasteiger partial charge in [-0.25, -0.2) is 4.39 Å². The van der Waals surface area contributed by atoms with Crippen molar-refractivity contribution in [3.8, 4) is 5.75 Å². The first-order valence-electron chi connectivity index (χ1n) is 6.81. The van der Waals surface area contributed by atoms with Crippen LogP contribution in [0.5, 0.6) is 5.75 Å². The fourth-order valence-corrected chi connectivity index (χ4v) is 2.77. The van der Waals surface area contributed by atoms with Crippen molar-refractivity contribution >= 4 is 5.96 Å². The van der Waals surface area contributed by atoms with Gasteiger partial charge in [0, 0.05) is 13.2 Å². The Morgan fingerprint density at radius 3 is 3.05 bits per heavy atom. The number of aromatic hydroxyl groups is 1. The normalized spacial score (nSPS) is 26.1. The lowest BCUT2D eigenvalue weighted by molar-refractivity contribution is 0.0852. The molecule has 2 aliphatic rings. The fourth-order valence-electron chi connectivity index (χ4n) is 2.77. The summed E-state index contributed by atoms with van der Waals surface area (Å²) in [5, 5.41) is 9.27. The number of hydrogen-bond donors (Lipinski definition) is 2. The summed E-state index contributed by atoms with van der Waals surface area (Å²) in [6, 6.07) is 4.33. The number of phenolic OH excluding ortho intramolecular Hbond substituents is 1. The molecule has 2 atom stereocenters. The third kappa shape index (κ3) is 2.43. The van der Waals surface area contributed by atoms with Crippen molar-refractivity contribution in [1.82, 2.24) is 4.90 Å². The number of benzene rings is 1. The smallest absolute Gasteiger partial charge is 0.192 e. The van der Waals surface area contributed by atoms with Crippen molar-refractivity contribution in [2.24, 2.45) is 10.7 Å². The first-order chi connectivity index (χ1) is 9.65. The van der Waals surface area contributed by atoms with E-state index in [1.54, 1.807) is 6.07 Å². The minimum Gasteiger partial charge on any atom is -0.505 e. The molecular weight excluding hydrogens is 261 g/mol. The van der Waals surface area contributed by atoms with E-state index in [2.05, 4.69) is 4.99 Å². The van der Waals surface area contributed by atoms with Crippen LogP contribution < -0.4 is 5.73 Å². The second-order valence-corrected chi connectivity index (χ2v) is 5.21. The average Bonchev–Trinajstić information content (AvgIpc) is 3.05. The van der Waals surface area contributed by atoms with Crippen LogP contribution in [0.3, 0.4) is 0 Å². The zero-order valence-electron chi connectivity index (χ0n) is 11.1. The summed E-state index contributed by atoms with van der Waals surface area (Å²) in [4.78, 5) is 6.21. The van der Waals surface area contributed by atoms with Crippen LogP contribution in [0.15, 0.2) is 23.2 Å². The lowest BCUT2D eigenvalue weighted by atomic mass is 10.1. The van der Waals surface area contributed by atoms with Crippen LogP contribution in [0.1, 0.15) is 24.4 Å². The van der Waals surface area contributed by atoms with Crippen LogP contribution in [-0.2, 0) is 4.74 Å². The zero-order valence-corrected chi connectivity index (χ0v) is 11.1. The molecule has 20 heavy (non-hydrogen) atoms. The second-order valence-electron chi connectivity index (χ2n) is 5.21. The molecular formula is C14H18FN3O2. The largest absolute Gasteiger partial charge is 0.505 e. The SMILES string of the molecule is NC1=NCC(c2ccc(O)c(F)c2)N1CC1CCCO1. The molecule has 6 heteroatoms. The minimum atomic E-state index is -0.620. The zero-order chi connectivity index (χ0) is 14.1. The molecule has 0 bridgehead atoms. The van der Waals surface area contributed by atoms with Crippen molar-refractivity contribution in [2.45, 2.75) is 25.0 Å². The summed E-state index contributed by atoms with van der Waals surface area (Å²) in [5.74, 6) is -0.490. The molecule has 3 rings (SSSR count). The molecule has 0 spiro atoms. The third-order valence-electron chi connectivity index (χ3n) is 3.88. The van der Waals surface area contributed by atoms with Gasteiger partial charge >= 0.3 is 0 Å². The number of ether oxygens (including phenoxy) is 1. The summed E-state index contributed by atoms with van der Waals surface area (Å²) >= 11 is 0. The van der Waals surface area contributed by atoms with Gasteiger partial charge in [-0.15, -0.1) is 0 Å². The Morgan fingerprint density at radius 1 is 1.50 bits per heavy atom. The lowest BCUT2D eigenvalue weighted by Crippen LogP contribution is -2.41. The lowest BCUT2D eigenvalue weighted by Gasteiger charge is -2.28. The molecule has 1 saturated heterocycles. The van der Waals surface area contributed by atoms with Gasteiger partial charge in [-0.1, -0.05) is 6.07 Å². The minimum absolute atomic E-state index is 0.0886. The van der Waals surface area contributed by atoms with Gasteiger partial charge in [0.05, 0.1) is 18.7 Å². The maximum atomic E-state index is 13.5. The van der Waals surface area contributed by atoms with E-state index in [-0.39, 0.29) is 17.9 Å². The maximum Gasteiger partial charge on any atom is 0.192 e. The molecule has 2 unspecified atom stereocenters. The van der Waals surface area contributed by atoms with E-state index in [1.165, 1.54) is 12.1 Å². The van der Waals surface area contributed by atoms with Gasteiger partial charge in [0.15, 0.2) is 17.5 Å². The molecule has 0 radical (unpaired) electrons. The van der Waals surface area contributed by atoms with Crippen LogP contribution >= 0.6 is 0 Å². The molecule has 0 amide bonds. The first-order valence-corrected chi connectivity index (χ1v) is 6.81. The molecule has 1 aromatic rings. The standard InChI is InChI=1S/C14H18FN3O2/c15-11-6-9(3-4-13(11)19)12-7-17-14(16)18(12)8-10-2-1-5-20-10/h3-4,6,10,12,19H,1-2,5,7-8H2,(H2,16,17). The van der Waals surface area contributed by atoms with Crippen LogP contribution in [0.25, 0.3) is 0 Å². The first kappa shape index (κ1) is 13.2. The Hall–Kier alpha value is -1.82. The van der Waals surface area contributed by atoms with Crippen molar-refractivity contribution in [3.05, 3.63) is 29.6 Å². The van der Waals surface area contributed by atoms with Crippen molar-refractivity contribution in [1.29, 1.82) is 0 Å². The van der Waals surface area contributed by atoms with Crippen LogP contribution in [0, 0.1) is 5.82 Å². The molecule has 2 aliphatic heterocycles. The summed E-state index contributed by atoms with van der Waals surface area (Å²) in [6.07, 6.45) is 2.24. The fraction of sp³-hybridized carbons (Fsp3) is 0.500. The van der Waals surface area contributed by atoms with Crippen LogP contribution in [0.2, 0.25) is 0 Å². The Kier molecular flexibility index (Phi) is 3.48. The van der Waals surface area contributed by atoms with E-state index in [9.17, 15) is 9.50 Å². The van der Waals surface area contributed by atoms with Crippen LogP contribution in [0.4, 0.5) is 4.39 Å². The quantitative estimate of drug-likeness (QED) is 0.877. The Balaban J connectivity index is 1.78. The highest BCUT2D eigenvalue weighted by Crippen LogP contribution is 2.29. The van der Waals surface area contributed by atoms with E-state index < -0.39 is 5.82 Å². The van der Waals surface area contributed by atoms with Crippen molar-refractivity contribution in [3.63, 3.8) is 0 Å². The predicted molar refractivity (Wildman–Crippen MR) is 73.0 cm³/mol. The summed E-state index contributed by atoms with van der Waals surface area (Å²) in [7, 11) is 0.